The molecule has 5 nitrogen and oxygen atoms in total. The monoisotopic (exact) mass is 362 g/mol. The fourth-order valence-corrected chi connectivity index (χ4v) is 3.00. The zero-order valence-electron chi connectivity index (χ0n) is 11.5. The lowest BCUT2D eigenvalue weighted by Crippen LogP contribution is -3.00. The van der Waals surface area contributed by atoms with Crippen molar-refractivity contribution in [2.45, 2.75) is 32.7 Å². The van der Waals surface area contributed by atoms with Crippen LogP contribution < -0.4 is 21.5 Å². The molecule has 2 heterocycles. The predicted molar refractivity (Wildman–Crippen MR) is 70.7 cm³/mol. The van der Waals surface area contributed by atoms with E-state index in [9.17, 15) is 9.59 Å². The zero-order valence-corrected chi connectivity index (χ0v) is 13.9. The number of ether oxygens (including phenoxy) is 1. The normalized spacial score (nSPS) is 13.9. The molecule has 0 radical (unpaired) electrons. The lowest BCUT2D eigenvalue weighted by molar-refractivity contribution is -0.687. The van der Waals surface area contributed by atoms with Gasteiger partial charge in [0.25, 0.3) is 5.91 Å². The standard InChI is InChI=1S/C13H19N2O3S.BrH/c1-11(16)18-8-4-13-15(7-9-19-13)10-12(17)14-5-2-3-6-14;/h7,9H,2-6,8,10H2,1H3;1H/q+1;/p-1. The maximum atomic E-state index is 12.1. The smallest absolute Gasteiger partial charge is 0.302 e. The Kier molecular flexibility index (Phi) is 7.15. The van der Waals surface area contributed by atoms with E-state index in [4.69, 9.17) is 4.74 Å². The second-order valence-corrected chi connectivity index (χ2v) is 5.58. The van der Waals surface area contributed by atoms with Gasteiger partial charge in [0.2, 0.25) is 11.6 Å². The number of carbonyl (C=O) groups is 2. The highest BCUT2D eigenvalue weighted by Crippen LogP contribution is 2.08. The molecule has 0 aliphatic carbocycles. The minimum atomic E-state index is -0.267. The van der Waals surface area contributed by atoms with Gasteiger partial charge in [0.05, 0.1) is 11.8 Å². The molecule has 0 aromatic carbocycles. The molecule has 0 atom stereocenters. The Morgan fingerprint density at radius 3 is 2.75 bits per heavy atom. The number of carbonyl (C=O) groups excluding carboxylic acids is 2. The fraction of sp³-hybridized carbons (Fsp3) is 0.615. The van der Waals surface area contributed by atoms with Gasteiger partial charge >= 0.3 is 5.97 Å². The molecule has 1 aromatic rings. The van der Waals surface area contributed by atoms with Gasteiger partial charge in [-0.05, 0) is 12.8 Å². The number of nitrogens with zero attached hydrogens (tertiary/aromatic N) is 2. The van der Waals surface area contributed by atoms with Gasteiger partial charge in [-0.15, -0.1) is 0 Å². The molecule has 1 aliphatic heterocycles. The van der Waals surface area contributed by atoms with Crippen LogP contribution >= 0.6 is 11.3 Å². The molecule has 1 saturated heterocycles. The Hall–Kier alpha value is -0.950. The summed E-state index contributed by atoms with van der Waals surface area (Å²) in [6, 6.07) is 0. The van der Waals surface area contributed by atoms with Gasteiger partial charge in [-0.1, -0.05) is 11.3 Å². The van der Waals surface area contributed by atoms with E-state index in [1.807, 2.05) is 21.0 Å². The molecule has 1 aromatic heterocycles. The van der Waals surface area contributed by atoms with E-state index in [1.54, 1.807) is 11.3 Å². The van der Waals surface area contributed by atoms with Crippen LogP contribution in [0.3, 0.4) is 0 Å². The molecule has 0 saturated carbocycles. The number of hydrogen-bond donors (Lipinski definition) is 0. The van der Waals surface area contributed by atoms with Crippen LogP contribution in [0, 0.1) is 0 Å². The summed E-state index contributed by atoms with van der Waals surface area (Å²) in [4.78, 5) is 24.7. The Morgan fingerprint density at radius 2 is 2.10 bits per heavy atom. The first kappa shape index (κ1) is 17.1. The molecule has 0 bridgehead atoms. The highest BCUT2D eigenvalue weighted by atomic mass is 79.9. The minimum Gasteiger partial charge on any atom is -1.00 e. The maximum absolute atomic E-state index is 12.1. The quantitative estimate of drug-likeness (QED) is 0.440. The van der Waals surface area contributed by atoms with Crippen molar-refractivity contribution in [3.8, 4) is 0 Å². The Morgan fingerprint density at radius 1 is 1.40 bits per heavy atom. The molecule has 0 spiro atoms. The van der Waals surface area contributed by atoms with Crippen LogP contribution in [0.5, 0.6) is 0 Å². The number of hydrogen-bond acceptors (Lipinski definition) is 4. The van der Waals surface area contributed by atoms with Gasteiger partial charge in [-0.3, -0.25) is 9.59 Å². The highest BCUT2D eigenvalue weighted by Gasteiger charge is 2.23. The van der Waals surface area contributed by atoms with Crippen molar-refractivity contribution in [1.82, 2.24) is 4.90 Å². The predicted octanol–water partition coefficient (Wildman–Crippen LogP) is -2.23. The largest absolute Gasteiger partial charge is 1.00 e. The van der Waals surface area contributed by atoms with Crippen LogP contribution in [0.2, 0.25) is 0 Å². The molecule has 20 heavy (non-hydrogen) atoms. The van der Waals surface area contributed by atoms with Crippen molar-refractivity contribution < 1.29 is 35.9 Å². The molecule has 1 amide bonds. The Balaban J connectivity index is 0.00000200. The van der Waals surface area contributed by atoms with Crippen LogP contribution in [0.1, 0.15) is 24.8 Å². The molecule has 2 rings (SSSR count). The summed E-state index contributed by atoms with van der Waals surface area (Å²) in [5.41, 5.74) is 0. The van der Waals surface area contributed by atoms with Gasteiger partial charge in [0.1, 0.15) is 6.61 Å². The summed E-state index contributed by atoms with van der Waals surface area (Å²) in [5.74, 6) is -0.0918. The second-order valence-electron chi connectivity index (χ2n) is 4.60. The maximum Gasteiger partial charge on any atom is 0.302 e. The molecule has 1 aliphatic rings. The van der Waals surface area contributed by atoms with Crippen molar-refractivity contribution in [2.24, 2.45) is 0 Å². The average Bonchev–Trinajstić information content (AvgIpc) is 3.00. The SMILES string of the molecule is CC(=O)OCCc1scc[n+]1CC(=O)N1CCCC1.[Br-]. The summed E-state index contributed by atoms with van der Waals surface area (Å²) < 4.78 is 6.89. The summed E-state index contributed by atoms with van der Waals surface area (Å²) in [5, 5.41) is 3.02. The number of rotatable bonds is 5. The van der Waals surface area contributed by atoms with Gasteiger partial charge < -0.3 is 26.6 Å². The first-order chi connectivity index (χ1) is 9.16. The highest BCUT2D eigenvalue weighted by molar-refractivity contribution is 7.09. The van der Waals surface area contributed by atoms with Gasteiger partial charge in [0.15, 0.2) is 6.20 Å². The third-order valence-electron chi connectivity index (χ3n) is 3.15. The van der Waals surface area contributed by atoms with Crippen LogP contribution in [-0.4, -0.2) is 36.5 Å². The number of halogens is 1. The summed E-state index contributed by atoms with van der Waals surface area (Å²) in [6.07, 6.45) is 4.80. The van der Waals surface area contributed by atoms with Crippen molar-refractivity contribution in [3.63, 3.8) is 0 Å². The summed E-state index contributed by atoms with van der Waals surface area (Å²) in [6.45, 7) is 3.92. The summed E-state index contributed by atoms with van der Waals surface area (Å²) in [7, 11) is 0. The first-order valence-electron chi connectivity index (χ1n) is 6.54. The molecule has 112 valence electrons. The van der Waals surface area contributed by atoms with E-state index in [1.165, 1.54) is 6.92 Å². The zero-order chi connectivity index (χ0) is 13.7. The van der Waals surface area contributed by atoms with Crippen molar-refractivity contribution in [2.75, 3.05) is 19.7 Å². The number of amides is 1. The number of aromatic nitrogens is 1. The average molecular weight is 363 g/mol. The summed E-state index contributed by atoms with van der Waals surface area (Å²) >= 11 is 1.59. The third kappa shape index (κ3) is 4.86. The number of esters is 1. The lowest BCUT2D eigenvalue weighted by Gasteiger charge is -2.12. The fourth-order valence-electron chi connectivity index (χ4n) is 2.17. The molecular formula is C13H19BrN2O3S. The Bertz CT molecular complexity index is 458. The molecule has 0 N–H and O–H groups in total. The van der Waals surface area contributed by atoms with E-state index in [-0.39, 0.29) is 28.9 Å². The van der Waals surface area contributed by atoms with Crippen molar-refractivity contribution >= 4 is 23.2 Å². The van der Waals surface area contributed by atoms with E-state index in [0.717, 1.165) is 30.9 Å². The van der Waals surface area contributed by atoms with E-state index < -0.39 is 0 Å². The van der Waals surface area contributed by atoms with E-state index in [0.29, 0.717) is 19.6 Å². The molecule has 0 unspecified atom stereocenters. The number of thiazole rings is 1. The van der Waals surface area contributed by atoms with Crippen LogP contribution in [0.15, 0.2) is 11.6 Å². The minimum absolute atomic E-state index is 0. The topological polar surface area (TPSA) is 50.5 Å². The number of likely N-dealkylation sites (tertiary alicyclic amines) is 1. The second kappa shape index (κ2) is 8.36. The first-order valence-corrected chi connectivity index (χ1v) is 7.42. The lowest BCUT2D eigenvalue weighted by atomic mass is 10.4. The molecular weight excluding hydrogens is 344 g/mol. The molecule has 7 heteroatoms. The van der Waals surface area contributed by atoms with E-state index in [2.05, 4.69) is 0 Å². The van der Waals surface area contributed by atoms with Gasteiger partial charge in [-0.25, -0.2) is 0 Å². The van der Waals surface area contributed by atoms with Crippen molar-refractivity contribution in [3.05, 3.63) is 16.6 Å². The van der Waals surface area contributed by atoms with Gasteiger partial charge in [0, 0.05) is 20.0 Å². The van der Waals surface area contributed by atoms with Crippen LogP contribution in [0.4, 0.5) is 0 Å². The van der Waals surface area contributed by atoms with Crippen LogP contribution in [0.25, 0.3) is 0 Å². The third-order valence-corrected chi connectivity index (χ3v) is 4.12. The van der Waals surface area contributed by atoms with Crippen LogP contribution in [-0.2, 0) is 27.3 Å². The van der Waals surface area contributed by atoms with Crippen molar-refractivity contribution in [1.29, 1.82) is 0 Å². The van der Waals surface area contributed by atoms with E-state index >= 15 is 0 Å². The van der Waals surface area contributed by atoms with Gasteiger partial charge in [-0.2, -0.15) is 4.57 Å². The Labute approximate surface area is 133 Å². The molecule has 1 fully saturated rings.